The quantitative estimate of drug-likeness (QED) is 0.745. The minimum absolute atomic E-state index is 0.0476. The van der Waals surface area contributed by atoms with Gasteiger partial charge in [-0.3, -0.25) is 0 Å². The summed E-state index contributed by atoms with van der Waals surface area (Å²) >= 11 is 0. The third-order valence-electron chi connectivity index (χ3n) is 2.03. The number of nitriles is 1. The zero-order valence-electron chi connectivity index (χ0n) is 7.83. The molecule has 0 aliphatic carbocycles. The summed E-state index contributed by atoms with van der Waals surface area (Å²) in [7, 11) is 0. The van der Waals surface area contributed by atoms with Crippen LogP contribution < -0.4 is 5.90 Å². The SMILES string of the molecule is CC(CON)c1ccc(F)c(C#N)c1. The molecule has 0 fully saturated rings. The molecule has 1 aromatic rings. The standard InChI is InChI=1S/C10H11FN2O/c1-7(6-14-13)8-2-3-10(11)9(4-8)5-12/h2-4,7H,6,13H2,1H3. The summed E-state index contributed by atoms with van der Waals surface area (Å²) in [5.41, 5.74) is 0.889. The molecule has 1 atom stereocenters. The van der Waals surface area contributed by atoms with Gasteiger partial charge in [0.15, 0.2) is 0 Å². The van der Waals surface area contributed by atoms with E-state index in [2.05, 4.69) is 4.84 Å². The van der Waals surface area contributed by atoms with Crippen molar-refractivity contribution < 1.29 is 9.23 Å². The molecule has 1 unspecified atom stereocenters. The van der Waals surface area contributed by atoms with Gasteiger partial charge in [-0.2, -0.15) is 5.26 Å². The van der Waals surface area contributed by atoms with Gasteiger partial charge in [-0.05, 0) is 17.7 Å². The lowest BCUT2D eigenvalue weighted by molar-refractivity contribution is 0.126. The van der Waals surface area contributed by atoms with Crippen LogP contribution in [0.3, 0.4) is 0 Å². The normalized spacial score (nSPS) is 12.1. The van der Waals surface area contributed by atoms with E-state index >= 15 is 0 Å². The van der Waals surface area contributed by atoms with Gasteiger partial charge in [-0.1, -0.05) is 13.0 Å². The van der Waals surface area contributed by atoms with E-state index in [4.69, 9.17) is 11.2 Å². The van der Waals surface area contributed by atoms with E-state index in [0.717, 1.165) is 5.56 Å². The van der Waals surface area contributed by atoms with Crippen molar-refractivity contribution in [3.63, 3.8) is 0 Å². The monoisotopic (exact) mass is 194 g/mol. The van der Waals surface area contributed by atoms with E-state index in [1.54, 1.807) is 12.1 Å². The summed E-state index contributed by atoms with van der Waals surface area (Å²) in [6.07, 6.45) is 0. The van der Waals surface area contributed by atoms with Crippen LogP contribution in [0, 0.1) is 17.1 Å². The van der Waals surface area contributed by atoms with E-state index in [9.17, 15) is 4.39 Å². The highest BCUT2D eigenvalue weighted by molar-refractivity contribution is 5.35. The average Bonchev–Trinajstić information content (AvgIpc) is 2.19. The summed E-state index contributed by atoms with van der Waals surface area (Å²) in [6, 6.07) is 6.20. The predicted molar refractivity (Wildman–Crippen MR) is 49.7 cm³/mol. The molecule has 0 saturated heterocycles. The van der Waals surface area contributed by atoms with Crippen LogP contribution in [-0.2, 0) is 4.84 Å². The number of nitrogens with two attached hydrogens (primary N) is 1. The van der Waals surface area contributed by atoms with Gasteiger partial charge < -0.3 is 4.84 Å². The molecule has 14 heavy (non-hydrogen) atoms. The molecule has 0 heterocycles. The van der Waals surface area contributed by atoms with Crippen LogP contribution in [0.5, 0.6) is 0 Å². The van der Waals surface area contributed by atoms with Crippen molar-refractivity contribution in [3.05, 3.63) is 35.1 Å². The molecule has 0 spiro atoms. The van der Waals surface area contributed by atoms with Crippen LogP contribution in [-0.4, -0.2) is 6.61 Å². The van der Waals surface area contributed by atoms with Gasteiger partial charge >= 0.3 is 0 Å². The number of benzene rings is 1. The minimum atomic E-state index is -0.503. The molecular weight excluding hydrogens is 183 g/mol. The minimum Gasteiger partial charge on any atom is -0.304 e. The van der Waals surface area contributed by atoms with Crippen LogP contribution in [0.25, 0.3) is 0 Å². The molecule has 1 rings (SSSR count). The van der Waals surface area contributed by atoms with Gasteiger partial charge in [0, 0.05) is 5.92 Å². The smallest absolute Gasteiger partial charge is 0.140 e. The first-order valence-electron chi connectivity index (χ1n) is 4.20. The molecule has 74 valence electrons. The van der Waals surface area contributed by atoms with Gasteiger partial charge in [0.1, 0.15) is 11.9 Å². The third kappa shape index (κ3) is 2.28. The van der Waals surface area contributed by atoms with Crippen molar-refractivity contribution >= 4 is 0 Å². The van der Waals surface area contributed by atoms with Crippen molar-refractivity contribution in [2.24, 2.45) is 5.90 Å². The fraction of sp³-hybridized carbons (Fsp3) is 0.300. The van der Waals surface area contributed by atoms with Gasteiger partial charge in [0.05, 0.1) is 12.2 Å². The van der Waals surface area contributed by atoms with E-state index in [1.165, 1.54) is 12.1 Å². The molecule has 0 amide bonds. The van der Waals surface area contributed by atoms with E-state index < -0.39 is 5.82 Å². The number of rotatable bonds is 3. The Balaban J connectivity index is 2.95. The highest BCUT2D eigenvalue weighted by Gasteiger charge is 2.08. The zero-order chi connectivity index (χ0) is 10.6. The molecule has 4 heteroatoms. The molecule has 3 nitrogen and oxygen atoms in total. The second-order valence-corrected chi connectivity index (χ2v) is 3.09. The summed E-state index contributed by atoms with van der Waals surface area (Å²) in [5, 5.41) is 8.61. The molecular formula is C10H11FN2O. The predicted octanol–water partition coefficient (Wildman–Crippen LogP) is 1.69. The first-order chi connectivity index (χ1) is 6.69. The lowest BCUT2D eigenvalue weighted by atomic mass is 10.00. The van der Waals surface area contributed by atoms with Crippen LogP contribution >= 0.6 is 0 Å². The zero-order valence-corrected chi connectivity index (χ0v) is 7.83. The van der Waals surface area contributed by atoms with E-state index in [-0.39, 0.29) is 11.5 Å². The third-order valence-corrected chi connectivity index (χ3v) is 2.03. The maximum absolute atomic E-state index is 12.9. The van der Waals surface area contributed by atoms with Crippen LogP contribution in [0.2, 0.25) is 0 Å². The Bertz CT molecular complexity index is 360. The maximum Gasteiger partial charge on any atom is 0.140 e. The molecule has 0 aromatic heterocycles. The first-order valence-corrected chi connectivity index (χ1v) is 4.20. The van der Waals surface area contributed by atoms with Crippen molar-refractivity contribution in [1.29, 1.82) is 5.26 Å². The fourth-order valence-corrected chi connectivity index (χ4v) is 1.18. The largest absolute Gasteiger partial charge is 0.304 e. The van der Waals surface area contributed by atoms with E-state index in [0.29, 0.717) is 6.61 Å². The summed E-state index contributed by atoms with van der Waals surface area (Å²) in [4.78, 5) is 4.49. The highest BCUT2D eigenvalue weighted by atomic mass is 19.1. The van der Waals surface area contributed by atoms with Crippen molar-refractivity contribution in [2.75, 3.05) is 6.61 Å². The molecule has 0 aliphatic rings. The Morgan fingerprint density at radius 2 is 2.36 bits per heavy atom. The average molecular weight is 194 g/mol. The summed E-state index contributed by atoms with van der Waals surface area (Å²) in [5.74, 6) is 4.47. The van der Waals surface area contributed by atoms with Crippen LogP contribution in [0.4, 0.5) is 4.39 Å². The second kappa shape index (κ2) is 4.70. The Labute approximate surface area is 81.9 Å². The lowest BCUT2D eigenvalue weighted by Gasteiger charge is -2.10. The molecule has 0 bridgehead atoms. The molecule has 0 saturated carbocycles. The number of halogens is 1. The van der Waals surface area contributed by atoms with Crippen LogP contribution in [0.15, 0.2) is 18.2 Å². The van der Waals surface area contributed by atoms with Gasteiger partial charge in [0.2, 0.25) is 0 Å². The number of hydrogen-bond acceptors (Lipinski definition) is 3. The molecule has 1 aromatic carbocycles. The summed E-state index contributed by atoms with van der Waals surface area (Å²) in [6.45, 7) is 2.23. The topological polar surface area (TPSA) is 59.0 Å². The van der Waals surface area contributed by atoms with Gasteiger partial charge in [0.25, 0.3) is 0 Å². The fourth-order valence-electron chi connectivity index (χ4n) is 1.18. The van der Waals surface area contributed by atoms with Crippen molar-refractivity contribution in [2.45, 2.75) is 12.8 Å². The van der Waals surface area contributed by atoms with Gasteiger partial charge in [-0.15, -0.1) is 0 Å². The molecule has 0 radical (unpaired) electrons. The summed E-state index contributed by atoms with van der Waals surface area (Å²) < 4.78 is 12.9. The number of hydrogen-bond donors (Lipinski definition) is 1. The lowest BCUT2D eigenvalue weighted by Crippen LogP contribution is -2.08. The first kappa shape index (κ1) is 10.6. The Morgan fingerprint density at radius 1 is 1.64 bits per heavy atom. The molecule has 2 N–H and O–H groups in total. The van der Waals surface area contributed by atoms with E-state index in [1.807, 2.05) is 6.92 Å². The Morgan fingerprint density at radius 3 is 2.93 bits per heavy atom. The van der Waals surface area contributed by atoms with Crippen LogP contribution in [0.1, 0.15) is 24.0 Å². The van der Waals surface area contributed by atoms with Gasteiger partial charge in [-0.25, -0.2) is 10.3 Å². The Kier molecular flexibility index (Phi) is 3.57. The second-order valence-electron chi connectivity index (χ2n) is 3.09. The van der Waals surface area contributed by atoms with Crippen molar-refractivity contribution in [1.82, 2.24) is 0 Å². The Hall–Kier alpha value is -1.44. The number of nitrogens with zero attached hydrogens (tertiary/aromatic N) is 1. The maximum atomic E-state index is 12.9. The molecule has 0 aliphatic heterocycles. The van der Waals surface area contributed by atoms with Crippen molar-refractivity contribution in [3.8, 4) is 6.07 Å². The highest BCUT2D eigenvalue weighted by Crippen LogP contribution is 2.18.